The number of halogens is 4. The first-order chi connectivity index (χ1) is 8.06. The summed E-state index contributed by atoms with van der Waals surface area (Å²) >= 11 is 6.20. The first-order valence-electron chi connectivity index (χ1n) is 4.60. The lowest BCUT2D eigenvalue weighted by molar-refractivity contribution is 0.581. The summed E-state index contributed by atoms with van der Waals surface area (Å²) in [7, 11) is 0. The average Bonchev–Trinajstić information content (AvgIpc) is 2.26. The van der Waals surface area contributed by atoms with Crippen LogP contribution in [-0.4, -0.2) is 4.98 Å². The number of hydrogen-bond donors (Lipinski definition) is 1. The van der Waals surface area contributed by atoms with Gasteiger partial charge in [-0.15, -0.1) is 0 Å². The van der Waals surface area contributed by atoms with E-state index >= 15 is 0 Å². The summed E-state index contributed by atoms with van der Waals surface area (Å²) in [6, 6.07) is 7.33. The van der Waals surface area contributed by atoms with Crippen LogP contribution in [0.2, 0.25) is 0 Å². The molecule has 1 heterocycles. The van der Waals surface area contributed by atoms with Gasteiger partial charge in [-0.05, 0) is 50.1 Å². The van der Waals surface area contributed by atoms with Crippen molar-refractivity contribution >= 4 is 43.4 Å². The van der Waals surface area contributed by atoms with Gasteiger partial charge in [-0.2, -0.15) is 0 Å². The van der Waals surface area contributed by atoms with Crippen molar-refractivity contribution in [3.8, 4) is 0 Å². The number of anilines is 2. The Morgan fingerprint density at radius 2 is 1.82 bits per heavy atom. The summed E-state index contributed by atoms with van der Waals surface area (Å²) in [6.45, 7) is 0. The molecule has 88 valence electrons. The van der Waals surface area contributed by atoms with E-state index < -0.39 is 11.6 Å². The minimum absolute atomic E-state index is 0.156. The molecule has 2 rings (SSSR count). The van der Waals surface area contributed by atoms with Gasteiger partial charge in [0.2, 0.25) is 0 Å². The number of nitrogens with zero attached hydrogens (tertiary/aromatic N) is 1. The molecule has 0 atom stereocenters. The number of rotatable bonds is 2. The van der Waals surface area contributed by atoms with Crippen LogP contribution in [-0.2, 0) is 0 Å². The van der Waals surface area contributed by atoms with E-state index in [2.05, 4.69) is 42.2 Å². The molecule has 0 amide bonds. The third-order valence-corrected chi connectivity index (χ3v) is 3.04. The highest BCUT2D eigenvalue weighted by Crippen LogP contribution is 2.26. The van der Waals surface area contributed by atoms with Gasteiger partial charge < -0.3 is 5.32 Å². The van der Waals surface area contributed by atoms with Crippen LogP contribution < -0.4 is 5.32 Å². The van der Waals surface area contributed by atoms with E-state index in [1.54, 1.807) is 18.2 Å². The van der Waals surface area contributed by atoms with Crippen LogP contribution in [0.15, 0.2) is 39.4 Å². The molecule has 0 fully saturated rings. The normalized spacial score (nSPS) is 10.4. The van der Waals surface area contributed by atoms with Gasteiger partial charge in [-0.1, -0.05) is 6.07 Å². The quantitative estimate of drug-likeness (QED) is 0.621. The smallest absolute Gasteiger partial charge is 0.149 e. The molecule has 1 aromatic heterocycles. The summed E-state index contributed by atoms with van der Waals surface area (Å²) in [5, 5.41) is 2.77. The molecule has 0 unspecified atom stereocenters. The molecular formula is C11H6Br2F2N2. The Morgan fingerprint density at radius 3 is 2.53 bits per heavy atom. The van der Waals surface area contributed by atoms with Gasteiger partial charge in [0.1, 0.15) is 22.1 Å². The van der Waals surface area contributed by atoms with E-state index in [9.17, 15) is 8.78 Å². The lowest BCUT2D eigenvalue weighted by Crippen LogP contribution is -1.97. The molecule has 17 heavy (non-hydrogen) atoms. The lowest BCUT2D eigenvalue weighted by Gasteiger charge is -2.08. The first-order valence-corrected chi connectivity index (χ1v) is 6.19. The number of nitrogens with one attached hydrogen (secondary N) is 1. The molecule has 2 aromatic rings. The van der Waals surface area contributed by atoms with E-state index in [-0.39, 0.29) is 10.2 Å². The van der Waals surface area contributed by atoms with Crippen molar-refractivity contribution in [3.63, 3.8) is 0 Å². The monoisotopic (exact) mass is 362 g/mol. The highest BCUT2D eigenvalue weighted by molar-refractivity contribution is 9.10. The molecule has 0 saturated carbocycles. The fraction of sp³-hybridized carbons (Fsp3) is 0. The fourth-order valence-corrected chi connectivity index (χ4v) is 1.92. The molecule has 0 saturated heterocycles. The Labute approximate surface area is 113 Å². The van der Waals surface area contributed by atoms with Gasteiger partial charge in [0, 0.05) is 6.07 Å². The van der Waals surface area contributed by atoms with Crippen molar-refractivity contribution in [2.75, 3.05) is 5.32 Å². The van der Waals surface area contributed by atoms with E-state index in [1.165, 1.54) is 6.07 Å². The maximum atomic E-state index is 13.5. The maximum absolute atomic E-state index is 13.5. The molecule has 0 aliphatic carbocycles. The van der Waals surface area contributed by atoms with Crippen molar-refractivity contribution < 1.29 is 8.78 Å². The molecule has 0 aliphatic heterocycles. The van der Waals surface area contributed by atoms with Crippen LogP contribution in [0.25, 0.3) is 0 Å². The molecule has 0 spiro atoms. The highest BCUT2D eigenvalue weighted by atomic mass is 79.9. The standard InChI is InChI=1S/C11H6Br2F2N2/c12-6-4-9(8(15)5-7(6)14)16-11-3-1-2-10(13)17-11/h1-5H,(H,16,17). The van der Waals surface area contributed by atoms with Gasteiger partial charge in [-0.25, -0.2) is 13.8 Å². The van der Waals surface area contributed by atoms with Crippen LogP contribution >= 0.6 is 31.9 Å². The summed E-state index contributed by atoms with van der Waals surface area (Å²) < 4.78 is 27.3. The second-order valence-corrected chi connectivity index (χ2v) is 4.88. The molecule has 6 heteroatoms. The molecule has 2 nitrogen and oxygen atoms in total. The van der Waals surface area contributed by atoms with E-state index in [1.807, 2.05) is 0 Å². The third kappa shape index (κ3) is 3.01. The highest BCUT2D eigenvalue weighted by Gasteiger charge is 2.08. The Bertz CT molecular complexity index is 561. The van der Waals surface area contributed by atoms with E-state index in [0.29, 0.717) is 10.4 Å². The second kappa shape index (κ2) is 5.10. The maximum Gasteiger partial charge on any atom is 0.149 e. The van der Waals surface area contributed by atoms with Crippen LogP contribution in [0.4, 0.5) is 20.3 Å². The Balaban J connectivity index is 2.33. The average molecular weight is 364 g/mol. The van der Waals surface area contributed by atoms with Gasteiger partial charge in [0.05, 0.1) is 10.2 Å². The Hall–Kier alpha value is -1.01. The Kier molecular flexibility index (Phi) is 3.73. The minimum atomic E-state index is -0.674. The zero-order chi connectivity index (χ0) is 12.4. The van der Waals surface area contributed by atoms with Crippen molar-refractivity contribution in [1.82, 2.24) is 4.98 Å². The number of benzene rings is 1. The minimum Gasteiger partial charge on any atom is -0.338 e. The van der Waals surface area contributed by atoms with Crippen molar-refractivity contribution in [2.24, 2.45) is 0 Å². The molecule has 0 bridgehead atoms. The SMILES string of the molecule is Fc1cc(F)c(Nc2cccc(Br)n2)cc1Br. The Morgan fingerprint density at radius 1 is 1.06 bits per heavy atom. The molecule has 1 N–H and O–H groups in total. The lowest BCUT2D eigenvalue weighted by atomic mass is 10.3. The van der Waals surface area contributed by atoms with E-state index in [4.69, 9.17) is 0 Å². The molecule has 0 radical (unpaired) electrons. The zero-order valence-corrected chi connectivity index (χ0v) is 11.5. The topological polar surface area (TPSA) is 24.9 Å². The molecular weight excluding hydrogens is 358 g/mol. The van der Waals surface area contributed by atoms with Gasteiger partial charge >= 0.3 is 0 Å². The van der Waals surface area contributed by atoms with Gasteiger partial charge in [0.15, 0.2) is 0 Å². The largest absolute Gasteiger partial charge is 0.338 e. The molecule has 1 aromatic carbocycles. The predicted molar refractivity (Wildman–Crippen MR) is 69.3 cm³/mol. The van der Waals surface area contributed by atoms with Crippen LogP contribution in [0.3, 0.4) is 0 Å². The molecule has 0 aliphatic rings. The van der Waals surface area contributed by atoms with Crippen molar-refractivity contribution in [1.29, 1.82) is 0 Å². The van der Waals surface area contributed by atoms with Crippen molar-refractivity contribution in [2.45, 2.75) is 0 Å². The van der Waals surface area contributed by atoms with Crippen LogP contribution in [0.5, 0.6) is 0 Å². The second-order valence-electron chi connectivity index (χ2n) is 3.22. The number of aromatic nitrogens is 1. The summed E-state index contributed by atoms with van der Waals surface area (Å²) in [5.41, 5.74) is 0.156. The summed E-state index contributed by atoms with van der Waals surface area (Å²) in [5.74, 6) is -0.848. The van der Waals surface area contributed by atoms with Crippen molar-refractivity contribution in [3.05, 3.63) is 51.0 Å². The first kappa shape index (κ1) is 12.4. The predicted octanol–water partition coefficient (Wildman–Crippen LogP) is 4.63. The number of hydrogen-bond acceptors (Lipinski definition) is 2. The summed E-state index contributed by atoms with van der Waals surface area (Å²) in [6.07, 6.45) is 0. The van der Waals surface area contributed by atoms with Crippen LogP contribution in [0, 0.1) is 11.6 Å². The van der Waals surface area contributed by atoms with Gasteiger partial charge in [-0.3, -0.25) is 0 Å². The van der Waals surface area contributed by atoms with Crippen LogP contribution in [0.1, 0.15) is 0 Å². The summed E-state index contributed by atoms with van der Waals surface area (Å²) in [4.78, 5) is 4.09. The zero-order valence-electron chi connectivity index (χ0n) is 8.35. The fourth-order valence-electron chi connectivity index (χ4n) is 1.23. The van der Waals surface area contributed by atoms with Gasteiger partial charge in [0.25, 0.3) is 0 Å². The third-order valence-electron chi connectivity index (χ3n) is 1.99. The number of pyridine rings is 1. The van der Waals surface area contributed by atoms with E-state index in [0.717, 1.165) is 6.07 Å².